The lowest BCUT2D eigenvalue weighted by atomic mass is 10.0. The predicted molar refractivity (Wildman–Crippen MR) is 53.7 cm³/mol. The van der Waals surface area contributed by atoms with Gasteiger partial charge in [0.2, 0.25) is 0 Å². The summed E-state index contributed by atoms with van der Waals surface area (Å²) in [5.74, 6) is -0.366. The molecule has 3 heteroatoms. The van der Waals surface area contributed by atoms with Crippen molar-refractivity contribution >= 4 is 5.97 Å². The first-order valence-corrected chi connectivity index (χ1v) is 4.65. The molecule has 0 aromatic heterocycles. The molecule has 76 valence electrons. The highest BCUT2D eigenvalue weighted by molar-refractivity contribution is 5.73. The van der Waals surface area contributed by atoms with E-state index in [9.17, 15) is 4.79 Å². The summed E-state index contributed by atoms with van der Waals surface area (Å²) in [4.78, 5) is 10.7. The summed E-state index contributed by atoms with van der Waals surface area (Å²) in [5.41, 5.74) is 0. The summed E-state index contributed by atoms with van der Waals surface area (Å²) in [6.45, 7) is 8.30. The molecule has 0 fully saturated rings. The van der Waals surface area contributed by atoms with Crippen molar-refractivity contribution in [3.63, 3.8) is 0 Å². The number of hydrogen-bond donors (Lipinski definition) is 2. The maximum Gasteiger partial charge on any atom is 0.320 e. The zero-order valence-electron chi connectivity index (χ0n) is 8.42. The molecule has 0 aromatic rings. The highest BCUT2D eigenvalue weighted by Crippen LogP contribution is 2.04. The van der Waals surface area contributed by atoms with Gasteiger partial charge < -0.3 is 10.4 Å². The molecule has 2 N–H and O–H groups in total. The van der Waals surface area contributed by atoms with Crippen LogP contribution in [0.2, 0.25) is 0 Å². The van der Waals surface area contributed by atoms with Crippen LogP contribution in [0.1, 0.15) is 26.7 Å². The van der Waals surface area contributed by atoms with Crippen LogP contribution in [0, 0.1) is 5.92 Å². The number of carboxylic acids is 1. The SMILES string of the molecule is C=CCCN[C@@H](CC(C)C)C(=O)O. The van der Waals surface area contributed by atoms with Gasteiger partial charge >= 0.3 is 5.97 Å². The fourth-order valence-corrected chi connectivity index (χ4v) is 1.10. The minimum absolute atomic E-state index is 0.400. The Morgan fingerprint density at radius 2 is 2.23 bits per heavy atom. The van der Waals surface area contributed by atoms with Crippen LogP contribution in [0.25, 0.3) is 0 Å². The van der Waals surface area contributed by atoms with E-state index in [1.807, 2.05) is 13.8 Å². The topological polar surface area (TPSA) is 49.3 Å². The first kappa shape index (κ1) is 12.2. The molecule has 0 spiro atoms. The fourth-order valence-electron chi connectivity index (χ4n) is 1.10. The smallest absolute Gasteiger partial charge is 0.320 e. The monoisotopic (exact) mass is 185 g/mol. The molecule has 0 amide bonds. The molecule has 0 radical (unpaired) electrons. The largest absolute Gasteiger partial charge is 0.480 e. The van der Waals surface area contributed by atoms with E-state index < -0.39 is 12.0 Å². The van der Waals surface area contributed by atoms with E-state index in [1.54, 1.807) is 6.08 Å². The van der Waals surface area contributed by atoms with Crippen LogP contribution in [-0.4, -0.2) is 23.7 Å². The zero-order chi connectivity index (χ0) is 10.3. The van der Waals surface area contributed by atoms with E-state index in [1.165, 1.54) is 0 Å². The maximum atomic E-state index is 10.7. The Kier molecular flexibility index (Phi) is 6.24. The second-order valence-corrected chi connectivity index (χ2v) is 3.55. The van der Waals surface area contributed by atoms with E-state index in [0.29, 0.717) is 18.9 Å². The molecule has 3 nitrogen and oxygen atoms in total. The average Bonchev–Trinajstić information content (AvgIpc) is 2.02. The number of carboxylic acid groups (broad SMARTS) is 1. The van der Waals surface area contributed by atoms with Gasteiger partial charge in [0.15, 0.2) is 0 Å². The molecule has 1 atom stereocenters. The third-order valence-corrected chi connectivity index (χ3v) is 1.74. The molecular formula is C10H19NO2. The van der Waals surface area contributed by atoms with Crippen molar-refractivity contribution in [1.29, 1.82) is 0 Å². The molecule has 0 aliphatic rings. The summed E-state index contributed by atoms with van der Waals surface area (Å²) < 4.78 is 0. The predicted octanol–water partition coefficient (Wildman–Crippen LogP) is 1.65. The molecule has 0 aliphatic carbocycles. The van der Waals surface area contributed by atoms with Gasteiger partial charge in [-0.25, -0.2) is 0 Å². The summed E-state index contributed by atoms with van der Waals surface area (Å²) in [6, 6.07) is -0.417. The Morgan fingerprint density at radius 3 is 2.62 bits per heavy atom. The molecule has 13 heavy (non-hydrogen) atoms. The lowest BCUT2D eigenvalue weighted by Gasteiger charge is -2.15. The second kappa shape index (κ2) is 6.66. The van der Waals surface area contributed by atoms with Gasteiger partial charge in [-0.15, -0.1) is 6.58 Å². The standard InChI is InChI=1S/C10H19NO2/c1-4-5-6-11-9(10(12)13)7-8(2)3/h4,8-9,11H,1,5-7H2,2-3H3,(H,12,13)/t9-/m0/s1. The van der Waals surface area contributed by atoms with Gasteiger partial charge in [-0.2, -0.15) is 0 Å². The van der Waals surface area contributed by atoms with Gasteiger partial charge in [0.05, 0.1) is 0 Å². The summed E-state index contributed by atoms with van der Waals surface area (Å²) in [5, 5.41) is 11.8. The Bertz CT molecular complexity index is 166. The minimum atomic E-state index is -0.766. The molecule has 0 bridgehead atoms. The van der Waals surface area contributed by atoms with Crippen molar-refractivity contribution in [3.8, 4) is 0 Å². The summed E-state index contributed by atoms with van der Waals surface area (Å²) in [7, 11) is 0. The van der Waals surface area contributed by atoms with E-state index in [0.717, 1.165) is 6.42 Å². The first-order valence-electron chi connectivity index (χ1n) is 4.65. The van der Waals surface area contributed by atoms with Crippen molar-refractivity contribution < 1.29 is 9.90 Å². The average molecular weight is 185 g/mol. The summed E-state index contributed by atoms with van der Waals surface area (Å²) in [6.07, 6.45) is 3.26. The van der Waals surface area contributed by atoms with Gasteiger partial charge in [-0.3, -0.25) is 4.79 Å². The van der Waals surface area contributed by atoms with Gasteiger partial charge in [0, 0.05) is 0 Å². The van der Waals surface area contributed by atoms with Crippen molar-refractivity contribution in [2.45, 2.75) is 32.7 Å². The quantitative estimate of drug-likeness (QED) is 0.468. The maximum absolute atomic E-state index is 10.7. The van der Waals surface area contributed by atoms with Gasteiger partial charge in [-0.1, -0.05) is 19.9 Å². The highest BCUT2D eigenvalue weighted by Gasteiger charge is 2.16. The molecule has 0 saturated carbocycles. The lowest BCUT2D eigenvalue weighted by molar-refractivity contribution is -0.139. The number of rotatable bonds is 7. The van der Waals surface area contributed by atoms with Crippen LogP contribution < -0.4 is 5.32 Å². The Hall–Kier alpha value is -0.830. The van der Waals surface area contributed by atoms with Crippen LogP contribution >= 0.6 is 0 Å². The van der Waals surface area contributed by atoms with E-state index >= 15 is 0 Å². The van der Waals surface area contributed by atoms with E-state index in [-0.39, 0.29) is 0 Å². The van der Waals surface area contributed by atoms with Crippen molar-refractivity contribution in [1.82, 2.24) is 5.32 Å². The molecule has 0 heterocycles. The minimum Gasteiger partial charge on any atom is -0.480 e. The Balaban J connectivity index is 3.80. The van der Waals surface area contributed by atoms with E-state index in [4.69, 9.17) is 5.11 Å². The number of hydrogen-bond acceptors (Lipinski definition) is 2. The van der Waals surface area contributed by atoms with Crippen molar-refractivity contribution in [2.75, 3.05) is 6.54 Å². The van der Waals surface area contributed by atoms with Crippen molar-refractivity contribution in [2.24, 2.45) is 5.92 Å². The molecule has 0 aromatic carbocycles. The fraction of sp³-hybridized carbons (Fsp3) is 0.700. The molecular weight excluding hydrogens is 166 g/mol. The van der Waals surface area contributed by atoms with E-state index in [2.05, 4.69) is 11.9 Å². The van der Waals surface area contributed by atoms with Gasteiger partial charge in [0.1, 0.15) is 6.04 Å². The normalized spacial score (nSPS) is 12.8. The zero-order valence-corrected chi connectivity index (χ0v) is 8.42. The van der Waals surface area contributed by atoms with Gasteiger partial charge in [0.25, 0.3) is 0 Å². The number of nitrogens with one attached hydrogen (secondary N) is 1. The second-order valence-electron chi connectivity index (χ2n) is 3.55. The number of carbonyl (C=O) groups is 1. The van der Waals surface area contributed by atoms with Crippen LogP contribution in [-0.2, 0) is 4.79 Å². The summed E-state index contributed by atoms with van der Waals surface area (Å²) >= 11 is 0. The Morgan fingerprint density at radius 1 is 1.62 bits per heavy atom. The first-order chi connectivity index (χ1) is 6.07. The molecule has 0 saturated heterocycles. The van der Waals surface area contributed by atoms with Crippen LogP contribution in [0.5, 0.6) is 0 Å². The highest BCUT2D eigenvalue weighted by atomic mass is 16.4. The molecule has 0 rings (SSSR count). The van der Waals surface area contributed by atoms with Crippen LogP contribution in [0.4, 0.5) is 0 Å². The molecule has 0 unspecified atom stereocenters. The molecule has 0 aliphatic heterocycles. The van der Waals surface area contributed by atoms with Crippen molar-refractivity contribution in [3.05, 3.63) is 12.7 Å². The Labute approximate surface area is 79.8 Å². The van der Waals surface area contributed by atoms with Crippen LogP contribution in [0.3, 0.4) is 0 Å². The third-order valence-electron chi connectivity index (χ3n) is 1.74. The van der Waals surface area contributed by atoms with Crippen LogP contribution in [0.15, 0.2) is 12.7 Å². The number of aliphatic carboxylic acids is 1. The van der Waals surface area contributed by atoms with Gasteiger partial charge in [-0.05, 0) is 25.3 Å². The third kappa shape index (κ3) is 6.34. The lowest BCUT2D eigenvalue weighted by Crippen LogP contribution is -2.38.